The van der Waals surface area contributed by atoms with Gasteiger partial charge in [0, 0.05) is 31.8 Å². The lowest BCUT2D eigenvalue weighted by molar-refractivity contribution is 0.0422. The first kappa shape index (κ1) is 21.1. The highest BCUT2D eigenvalue weighted by molar-refractivity contribution is 5.92. The Morgan fingerprint density at radius 2 is 1.87 bits per heavy atom. The lowest BCUT2D eigenvalue weighted by Crippen LogP contribution is -2.43. The van der Waals surface area contributed by atoms with Crippen LogP contribution in [-0.4, -0.2) is 54.6 Å². The minimum absolute atomic E-state index is 0.00957. The first-order valence-corrected chi connectivity index (χ1v) is 11.3. The van der Waals surface area contributed by atoms with Gasteiger partial charge in [0.1, 0.15) is 0 Å². The molecule has 1 atom stereocenters. The summed E-state index contributed by atoms with van der Waals surface area (Å²) in [6.45, 7) is 9.58. The predicted molar refractivity (Wildman–Crippen MR) is 118 cm³/mol. The number of amides is 1. The van der Waals surface area contributed by atoms with Gasteiger partial charge in [-0.25, -0.2) is 0 Å². The van der Waals surface area contributed by atoms with Gasteiger partial charge in [-0.2, -0.15) is 0 Å². The van der Waals surface area contributed by atoms with Crippen LogP contribution in [0.3, 0.4) is 0 Å². The Morgan fingerprint density at radius 1 is 1.07 bits per heavy atom. The van der Waals surface area contributed by atoms with E-state index in [-0.39, 0.29) is 12.0 Å². The Balaban J connectivity index is 1.35. The second kappa shape index (κ2) is 9.80. The van der Waals surface area contributed by atoms with Gasteiger partial charge in [0.15, 0.2) is 5.76 Å². The van der Waals surface area contributed by atoms with Crippen LogP contribution in [0.15, 0.2) is 41.0 Å². The number of carbonyl (C=O) groups is 1. The van der Waals surface area contributed by atoms with Crippen molar-refractivity contribution >= 4 is 5.91 Å². The van der Waals surface area contributed by atoms with E-state index < -0.39 is 0 Å². The van der Waals surface area contributed by atoms with Crippen molar-refractivity contribution in [2.75, 3.05) is 32.8 Å². The van der Waals surface area contributed by atoms with Crippen LogP contribution in [0.2, 0.25) is 0 Å². The molecule has 0 radical (unpaired) electrons. The van der Waals surface area contributed by atoms with Crippen LogP contribution in [0, 0.1) is 19.8 Å². The largest absolute Gasteiger partial charge is 0.459 e. The molecule has 0 spiro atoms. The zero-order chi connectivity index (χ0) is 20.9. The van der Waals surface area contributed by atoms with E-state index in [1.165, 1.54) is 11.1 Å². The van der Waals surface area contributed by atoms with Gasteiger partial charge in [0.2, 0.25) is 0 Å². The van der Waals surface area contributed by atoms with E-state index in [9.17, 15) is 4.79 Å². The summed E-state index contributed by atoms with van der Waals surface area (Å²) in [5.41, 5.74) is 3.69. The molecule has 4 rings (SSSR count). The molecule has 5 heteroatoms. The number of piperidine rings is 1. The number of hydrogen-bond acceptors (Lipinski definition) is 4. The number of aryl methyl sites for hydroxylation is 2. The quantitative estimate of drug-likeness (QED) is 0.677. The fourth-order valence-electron chi connectivity index (χ4n) is 4.68. The third-order valence-corrected chi connectivity index (χ3v) is 6.63. The van der Waals surface area contributed by atoms with E-state index in [1.54, 1.807) is 6.26 Å². The molecular formula is C25H34N2O3. The van der Waals surface area contributed by atoms with Crippen LogP contribution < -0.4 is 0 Å². The summed E-state index contributed by atoms with van der Waals surface area (Å²) >= 11 is 0. The molecule has 0 unspecified atom stereocenters. The van der Waals surface area contributed by atoms with Gasteiger partial charge in [-0.05, 0) is 75.7 Å². The number of nitrogens with zero attached hydrogens (tertiary/aromatic N) is 2. The Kier molecular flexibility index (Phi) is 6.90. The van der Waals surface area contributed by atoms with E-state index in [2.05, 4.69) is 36.1 Å². The van der Waals surface area contributed by atoms with Gasteiger partial charge < -0.3 is 14.1 Å². The highest BCUT2D eigenvalue weighted by Crippen LogP contribution is 2.24. The monoisotopic (exact) mass is 410 g/mol. The van der Waals surface area contributed by atoms with Crippen molar-refractivity contribution in [1.29, 1.82) is 0 Å². The van der Waals surface area contributed by atoms with Gasteiger partial charge in [-0.3, -0.25) is 9.69 Å². The van der Waals surface area contributed by atoms with Crippen molar-refractivity contribution in [3.63, 3.8) is 0 Å². The summed E-state index contributed by atoms with van der Waals surface area (Å²) < 4.78 is 11.3. The number of hydrogen-bond donors (Lipinski definition) is 0. The Labute approximate surface area is 180 Å². The average Bonchev–Trinajstić information content (AvgIpc) is 3.42. The second-order valence-electron chi connectivity index (χ2n) is 8.92. The lowest BCUT2D eigenvalue weighted by atomic mass is 9.95. The maximum Gasteiger partial charge on any atom is 0.289 e. The third kappa shape index (κ3) is 5.13. The molecule has 2 fully saturated rings. The molecular weight excluding hydrogens is 376 g/mol. The summed E-state index contributed by atoms with van der Waals surface area (Å²) in [6, 6.07) is 10.5. The smallest absolute Gasteiger partial charge is 0.289 e. The van der Waals surface area contributed by atoms with Crippen molar-refractivity contribution in [2.24, 2.45) is 5.92 Å². The van der Waals surface area contributed by atoms with E-state index in [0.29, 0.717) is 18.2 Å². The Bertz CT molecular complexity index is 832. The van der Waals surface area contributed by atoms with Crippen LogP contribution in [0.4, 0.5) is 0 Å². The van der Waals surface area contributed by atoms with Gasteiger partial charge in [0.05, 0.1) is 12.4 Å². The van der Waals surface area contributed by atoms with Crippen LogP contribution in [0.1, 0.15) is 52.9 Å². The van der Waals surface area contributed by atoms with Crippen LogP contribution >= 0.6 is 0 Å². The average molecular weight is 411 g/mol. The molecule has 0 saturated carbocycles. The molecule has 1 aromatic carbocycles. The zero-order valence-corrected chi connectivity index (χ0v) is 18.3. The van der Waals surface area contributed by atoms with Crippen LogP contribution in [0.25, 0.3) is 0 Å². The van der Waals surface area contributed by atoms with E-state index in [4.69, 9.17) is 9.15 Å². The third-order valence-electron chi connectivity index (χ3n) is 6.63. The van der Waals surface area contributed by atoms with Gasteiger partial charge in [0.25, 0.3) is 5.91 Å². The summed E-state index contributed by atoms with van der Waals surface area (Å²) in [4.78, 5) is 17.7. The molecule has 162 valence electrons. The normalized spacial score (nSPS) is 20.5. The number of ether oxygens (including phenoxy) is 1. The highest BCUT2D eigenvalue weighted by atomic mass is 16.5. The number of rotatable bonds is 7. The zero-order valence-electron chi connectivity index (χ0n) is 18.3. The topological polar surface area (TPSA) is 45.9 Å². The predicted octanol–water partition coefficient (Wildman–Crippen LogP) is 4.43. The SMILES string of the molecule is Cc1ccccc1CN1CCC(CN(C[C@@H]2CCCO2)C(=O)c2occc2C)CC1. The number of benzene rings is 1. The second-order valence-corrected chi connectivity index (χ2v) is 8.92. The van der Waals surface area contributed by atoms with Crippen LogP contribution in [-0.2, 0) is 11.3 Å². The maximum atomic E-state index is 13.2. The van der Waals surface area contributed by atoms with E-state index >= 15 is 0 Å². The standard InChI is InChI=1S/C25H34N2O3/c1-19-6-3-4-7-22(19)17-26-12-9-21(10-13-26)16-27(18-23-8-5-14-29-23)25(28)24-20(2)11-15-30-24/h3-4,6-7,11,15,21,23H,5,8-10,12-14,16-18H2,1-2H3/t23-/m0/s1. The van der Waals surface area contributed by atoms with Crippen molar-refractivity contribution in [1.82, 2.24) is 9.80 Å². The molecule has 5 nitrogen and oxygen atoms in total. The molecule has 0 N–H and O–H groups in total. The molecule has 1 amide bonds. The lowest BCUT2D eigenvalue weighted by Gasteiger charge is -2.35. The Morgan fingerprint density at radius 3 is 2.53 bits per heavy atom. The molecule has 2 aliphatic rings. The molecule has 2 saturated heterocycles. The van der Waals surface area contributed by atoms with E-state index in [0.717, 1.165) is 64.0 Å². The highest BCUT2D eigenvalue weighted by Gasteiger charge is 2.29. The summed E-state index contributed by atoms with van der Waals surface area (Å²) in [6.07, 6.45) is 6.14. The van der Waals surface area contributed by atoms with Crippen molar-refractivity contribution < 1.29 is 13.9 Å². The van der Waals surface area contributed by atoms with Gasteiger partial charge in [-0.15, -0.1) is 0 Å². The van der Waals surface area contributed by atoms with Crippen molar-refractivity contribution in [3.05, 3.63) is 59.0 Å². The molecule has 30 heavy (non-hydrogen) atoms. The van der Waals surface area contributed by atoms with Gasteiger partial charge in [-0.1, -0.05) is 24.3 Å². The molecule has 2 aliphatic heterocycles. The van der Waals surface area contributed by atoms with Gasteiger partial charge >= 0.3 is 0 Å². The number of carbonyl (C=O) groups excluding carboxylic acids is 1. The Hall–Kier alpha value is -2.11. The fraction of sp³-hybridized carbons (Fsp3) is 0.560. The summed E-state index contributed by atoms with van der Waals surface area (Å²) in [5.74, 6) is 1.01. The fourth-order valence-corrected chi connectivity index (χ4v) is 4.68. The molecule has 3 heterocycles. The van der Waals surface area contributed by atoms with Crippen molar-refractivity contribution in [3.8, 4) is 0 Å². The number of likely N-dealkylation sites (tertiary alicyclic amines) is 1. The summed E-state index contributed by atoms with van der Waals surface area (Å²) in [7, 11) is 0. The molecule has 0 aliphatic carbocycles. The van der Waals surface area contributed by atoms with E-state index in [1.807, 2.05) is 17.9 Å². The molecule has 0 bridgehead atoms. The summed E-state index contributed by atoms with van der Waals surface area (Å²) in [5, 5.41) is 0. The van der Waals surface area contributed by atoms with Crippen LogP contribution in [0.5, 0.6) is 0 Å². The number of furan rings is 1. The minimum Gasteiger partial charge on any atom is -0.459 e. The molecule has 1 aromatic heterocycles. The first-order valence-electron chi connectivity index (χ1n) is 11.3. The first-order chi connectivity index (χ1) is 14.6. The minimum atomic E-state index is 0.00957. The maximum absolute atomic E-state index is 13.2. The molecule has 2 aromatic rings. The van der Waals surface area contributed by atoms with Crippen molar-refractivity contribution in [2.45, 2.75) is 52.2 Å².